The van der Waals surface area contributed by atoms with Gasteiger partial charge in [-0.25, -0.2) is 0 Å². The number of carbonyl (C=O) groups excluding carboxylic acids is 1. The van der Waals surface area contributed by atoms with E-state index in [0.717, 1.165) is 11.1 Å². The zero-order chi connectivity index (χ0) is 14.9. The summed E-state index contributed by atoms with van der Waals surface area (Å²) < 4.78 is 0. The zero-order valence-corrected chi connectivity index (χ0v) is 15.9. The molecule has 0 saturated heterocycles. The summed E-state index contributed by atoms with van der Waals surface area (Å²) >= 11 is 0. The predicted molar refractivity (Wildman–Crippen MR) is 77.7 cm³/mol. The van der Waals surface area contributed by atoms with Crippen LogP contribution in [0.5, 0.6) is 0 Å². The van der Waals surface area contributed by atoms with Gasteiger partial charge in [-0.15, -0.1) is 0 Å². The Morgan fingerprint density at radius 1 is 0.909 bits per heavy atom. The number of nitrogens with zero attached hydrogens (tertiary/aromatic N) is 1. The molecule has 0 aliphatic heterocycles. The molecule has 0 radical (unpaired) electrons. The Kier molecular flexibility index (Phi) is 9.82. The first-order chi connectivity index (χ1) is 10.2. The summed E-state index contributed by atoms with van der Waals surface area (Å²) in [6.45, 7) is 1.31. The summed E-state index contributed by atoms with van der Waals surface area (Å²) in [6, 6.07) is 19.9. The second-order valence-corrected chi connectivity index (χ2v) is 4.72. The van der Waals surface area contributed by atoms with E-state index < -0.39 is 5.97 Å². The molecule has 2 aromatic rings. The average molecular weight is 323 g/mol. The topological polar surface area (TPSA) is 52.6 Å². The van der Waals surface area contributed by atoms with E-state index in [1.807, 2.05) is 60.7 Å². The van der Waals surface area contributed by atoms with Crippen LogP contribution >= 0.6 is 0 Å². The quantitative estimate of drug-likeness (QED) is 0.451. The van der Waals surface area contributed by atoms with Gasteiger partial charge in [0.25, 0.3) is 0 Å². The van der Waals surface area contributed by atoms with Gasteiger partial charge in [0.1, 0.15) is 0 Å². The first-order valence-corrected chi connectivity index (χ1v) is 6.89. The molecule has 5 heteroatoms. The van der Waals surface area contributed by atoms with Gasteiger partial charge < -0.3 is 9.90 Å². The summed E-state index contributed by atoms with van der Waals surface area (Å²) in [6.07, 6.45) is -0.111. The third-order valence-electron chi connectivity index (χ3n) is 2.98. The Bertz CT molecular complexity index is 507. The van der Waals surface area contributed by atoms with Crippen molar-refractivity contribution in [3.8, 4) is 0 Å². The Morgan fingerprint density at radius 2 is 1.36 bits per heavy atom. The second-order valence-electron chi connectivity index (χ2n) is 4.72. The van der Waals surface area contributed by atoms with Crippen LogP contribution in [0.1, 0.15) is 17.5 Å². The molecule has 110 valence electrons. The third-order valence-corrected chi connectivity index (χ3v) is 2.98. The number of carboxylic acids is 1. The molecule has 0 heterocycles. The molecule has 2 rings (SSSR count). The number of rotatable bonds is 8. The van der Waals surface area contributed by atoms with Gasteiger partial charge in [0, 0.05) is 25.5 Å². The van der Waals surface area contributed by atoms with Crippen LogP contribution in [0, 0.1) is 0 Å². The van der Waals surface area contributed by atoms with Crippen LogP contribution in [0.15, 0.2) is 60.7 Å². The molecule has 0 atom stereocenters. The number of hydrogen-bond donors (Lipinski definition) is 0. The van der Waals surface area contributed by atoms with E-state index in [2.05, 4.69) is 0 Å². The van der Waals surface area contributed by atoms with Crippen molar-refractivity contribution < 1.29 is 66.1 Å². The van der Waals surface area contributed by atoms with Gasteiger partial charge in [-0.3, -0.25) is 4.84 Å². The molecule has 0 amide bonds. The van der Waals surface area contributed by atoms with Gasteiger partial charge >= 0.3 is 51.4 Å². The number of hydroxylamine groups is 2. The van der Waals surface area contributed by atoms with Crippen LogP contribution in [0.3, 0.4) is 0 Å². The van der Waals surface area contributed by atoms with Crippen LogP contribution in [-0.2, 0) is 22.7 Å². The molecule has 22 heavy (non-hydrogen) atoms. The molecule has 0 aliphatic rings. The zero-order valence-electron chi connectivity index (χ0n) is 12.8. The molecular weight excluding hydrogens is 305 g/mol. The fourth-order valence-electron chi connectivity index (χ4n) is 1.98. The average Bonchev–Trinajstić information content (AvgIpc) is 2.49. The van der Waals surface area contributed by atoms with Crippen molar-refractivity contribution in [2.24, 2.45) is 0 Å². The van der Waals surface area contributed by atoms with Gasteiger partial charge in [-0.2, -0.15) is 5.06 Å². The van der Waals surface area contributed by atoms with E-state index in [1.165, 1.54) is 0 Å². The summed E-state index contributed by atoms with van der Waals surface area (Å²) in [4.78, 5) is 16.1. The molecule has 4 nitrogen and oxygen atoms in total. The smallest absolute Gasteiger partial charge is 0.550 e. The van der Waals surface area contributed by atoms with Gasteiger partial charge in [0.2, 0.25) is 0 Å². The molecule has 0 aromatic heterocycles. The maximum absolute atomic E-state index is 10.5. The number of aliphatic carboxylic acids is 1. The third kappa shape index (κ3) is 7.65. The van der Waals surface area contributed by atoms with Gasteiger partial charge in [-0.05, 0) is 11.1 Å². The molecule has 0 N–H and O–H groups in total. The standard InChI is InChI=1S/C17H19NO3.K/c19-17(20)11-12-21-18(13-15-7-3-1-4-8-15)14-16-9-5-2-6-10-16;/h1-10H,11-14H2,(H,19,20);/q;+1/p-1. The Labute approximate surface area is 173 Å². The van der Waals surface area contributed by atoms with Gasteiger partial charge in [-0.1, -0.05) is 60.7 Å². The first kappa shape index (κ1) is 19.5. The summed E-state index contributed by atoms with van der Waals surface area (Å²) in [7, 11) is 0. The molecule has 0 unspecified atom stereocenters. The SMILES string of the molecule is O=C([O-])CCON(Cc1ccccc1)Cc1ccccc1.[K+]. The van der Waals surface area contributed by atoms with Crippen LogP contribution in [0.4, 0.5) is 0 Å². The second kappa shape index (κ2) is 11.1. The first-order valence-electron chi connectivity index (χ1n) is 6.89. The molecule has 0 bridgehead atoms. The van der Waals surface area contributed by atoms with Crippen LogP contribution in [-0.4, -0.2) is 17.6 Å². The summed E-state index contributed by atoms with van der Waals surface area (Å²) in [5, 5.41) is 12.3. The van der Waals surface area contributed by atoms with Crippen LogP contribution in [0.2, 0.25) is 0 Å². The van der Waals surface area contributed by atoms with E-state index in [9.17, 15) is 9.90 Å². The Morgan fingerprint density at radius 3 is 1.77 bits per heavy atom. The Hall–Kier alpha value is -0.534. The Balaban J connectivity index is 0.00000242. The molecule has 0 saturated carbocycles. The van der Waals surface area contributed by atoms with Crippen molar-refractivity contribution in [3.05, 3.63) is 71.8 Å². The van der Waals surface area contributed by atoms with Gasteiger partial charge in [0.05, 0.1) is 6.61 Å². The fourth-order valence-corrected chi connectivity index (χ4v) is 1.98. The molecule has 0 aliphatic carbocycles. The minimum atomic E-state index is -1.10. The number of carbonyl (C=O) groups is 1. The van der Waals surface area contributed by atoms with Crippen molar-refractivity contribution in [2.75, 3.05) is 6.61 Å². The number of hydrogen-bond acceptors (Lipinski definition) is 4. The largest absolute Gasteiger partial charge is 1.00 e. The summed E-state index contributed by atoms with van der Waals surface area (Å²) in [5.41, 5.74) is 2.23. The van der Waals surface area contributed by atoms with E-state index in [1.54, 1.807) is 5.06 Å². The van der Waals surface area contributed by atoms with E-state index in [-0.39, 0.29) is 64.4 Å². The predicted octanol–water partition coefficient (Wildman–Crippen LogP) is -1.24. The molecule has 0 spiro atoms. The molecular formula is C17H18KNO3. The normalized spacial score (nSPS) is 10.2. The molecule has 0 fully saturated rings. The van der Waals surface area contributed by atoms with Crippen molar-refractivity contribution in [1.82, 2.24) is 5.06 Å². The van der Waals surface area contributed by atoms with E-state index >= 15 is 0 Å². The van der Waals surface area contributed by atoms with Crippen LogP contribution < -0.4 is 56.5 Å². The maximum Gasteiger partial charge on any atom is 1.00 e. The van der Waals surface area contributed by atoms with Gasteiger partial charge in [0.15, 0.2) is 0 Å². The number of carboxylic acid groups (broad SMARTS) is 1. The fraction of sp³-hybridized carbons (Fsp3) is 0.235. The van der Waals surface area contributed by atoms with Crippen molar-refractivity contribution >= 4 is 5.97 Å². The van der Waals surface area contributed by atoms with Crippen molar-refractivity contribution in [1.29, 1.82) is 0 Å². The van der Waals surface area contributed by atoms with Crippen LogP contribution in [0.25, 0.3) is 0 Å². The van der Waals surface area contributed by atoms with E-state index in [4.69, 9.17) is 4.84 Å². The monoisotopic (exact) mass is 323 g/mol. The van der Waals surface area contributed by atoms with Crippen molar-refractivity contribution in [2.45, 2.75) is 19.5 Å². The number of benzene rings is 2. The molecule has 2 aromatic carbocycles. The van der Waals surface area contributed by atoms with Crippen molar-refractivity contribution in [3.63, 3.8) is 0 Å². The van der Waals surface area contributed by atoms with E-state index in [0.29, 0.717) is 13.1 Å². The minimum Gasteiger partial charge on any atom is -0.550 e. The maximum atomic E-state index is 10.5. The summed E-state index contributed by atoms with van der Waals surface area (Å²) in [5.74, 6) is -1.10. The minimum absolute atomic E-state index is 0.